The SMILES string of the molecule is Cc1cc(N)cc(NC2(C)CCCOC2)c1. The molecule has 0 spiro atoms. The van der Waals surface area contributed by atoms with Gasteiger partial charge in [-0.25, -0.2) is 0 Å². The largest absolute Gasteiger partial charge is 0.399 e. The Labute approximate surface area is 97.0 Å². The fourth-order valence-corrected chi connectivity index (χ4v) is 2.27. The summed E-state index contributed by atoms with van der Waals surface area (Å²) in [6.07, 6.45) is 2.26. The van der Waals surface area contributed by atoms with Gasteiger partial charge in [0.1, 0.15) is 0 Å². The highest BCUT2D eigenvalue weighted by Crippen LogP contribution is 2.25. The van der Waals surface area contributed by atoms with Crippen LogP contribution in [0.5, 0.6) is 0 Å². The summed E-state index contributed by atoms with van der Waals surface area (Å²) < 4.78 is 5.52. The van der Waals surface area contributed by atoms with E-state index in [0.717, 1.165) is 37.4 Å². The van der Waals surface area contributed by atoms with Crippen LogP contribution in [-0.2, 0) is 4.74 Å². The van der Waals surface area contributed by atoms with E-state index >= 15 is 0 Å². The van der Waals surface area contributed by atoms with Crippen molar-refractivity contribution >= 4 is 11.4 Å². The number of nitrogens with one attached hydrogen (secondary N) is 1. The second-order valence-electron chi connectivity index (χ2n) is 4.97. The van der Waals surface area contributed by atoms with Crippen LogP contribution in [0.15, 0.2) is 18.2 Å². The first-order chi connectivity index (χ1) is 7.57. The van der Waals surface area contributed by atoms with Crippen molar-refractivity contribution in [2.24, 2.45) is 0 Å². The second-order valence-corrected chi connectivity index (χ2v) is 4.97. The minimum Gasteiger partial charge on any atom is -0.399 e. The molecule has 1 aromatic carbocycles. The molecule has 1 saturated heterocycles. The molecule has 0 bridgehead atoms. The van der Waals surface area contributed by atoms with Gasteiger partial charge in [-0.15, -0.1) is 0 Å². The summed E-state index contributed by atoms with van der Waals surface area (Å²) in [6, 6.07) is 6.08. The summed E-state index contributed by atoms with van der Waals surface area (Å²) in [4.78, 5) is 0. The molecule has 88 valence electrons. The van der Waals surface area contributed by atoms with Crippen LogP contribution in [0.25, 0.3) is 0 Å². The van der Waals surface area contributed by atoms with Crippen LogP contribution < -0.4 is 11.1 Å². The van der Waals surface area contributed by atoms with Crippen LogP contribution in [0, 0.1) is 6.92 Å². The van der Waals surface area contributed by atoms with E-state index in [1.807, 2.05) is 12.1 Å². The number of rotatable bonds is 2. The van der Waals surface area contributed by atoms with Gasteiger partial charge in [0, 0.05) is 18.0 Å². The molecule has 2 rings (SSSR count). The van der Waals surface area contributed by atoms with E-state index in [4.69, 9.17) is 10.5 Å². The number of ether oxygens (including phenoxy) is 1. The summed E-state index contributed by atoms with van der Waals surface area (Å²) >= 11 is 0. The minimum atomic E-state index is 0.0402. The van der Waals surface area contributed by atoms with Crippen molar-refractivity contribution in [1.29, 1.82) is 0 Å². The number of anilines is 2. The molecular formula is C13H20N2O. The monoisotopic (exact) mass is 220 g/mol. The standard InChI is InChI=1S/C13H20N2O/c1-10-6-11(14)8-12(7-10)15-13(2)4-3-5-16-9-13/h6-8,15H,3-5,9,14H2,1-2H3. The first-order valence-electron chi connectivity index (χ1n) is 5.81. The quantitative estimate of drug-likeness (QED) is 0.753. The van der Waals surface area contributed by atoms with Gasteiger partial charge in [0.15, 0.2) is 0 Å². The lowest BCUT2D eigenvalue weighted by Crippen LogP contribution is -2.43. The lowest BCUT2D eigenvalue weighted by Gasteiger charge is -2.35. The molecule has 0 saturated carbocycles. The third-order valence-corrected chi connectivity index (χ3v) is 2.98. The van der Waals surface area contributed by atoms with Gasteiger partial charge in [-0.05, 0) is 50.5 Å². The molecule has 0 radical (unpaired) electrons. The summed E-state index contributed by atoms with van der Waals surface area (Å²) in [5, 5.41) is 3.53. The highest BCUT2D eigenvalue weighted by Gasteiger charge is 2.27. The molecule has 1 aliphatic heterocycles. The Morgan fingerprint density at radius 3 is 2.81 bits per heavy atom. The second kappa shape index (κ2) is 4.34. The number of nitrogens with two attached hydrogens (primary N) is 1. The maximum absolute atomic E-state index is 5.84. The third-order valence-electron chi connectivity index (χ3n) is 2.98. The van der Waals surface area contributed by atoms with Gasteiger partial charge in [0.05, 0.1) is 12.1 Å². The molecule has 3 heteroatoms. The zero-order chi connectivity index (χ0) is 11.6. The zero-order valence-corrected chi connectivity index (χ0v) is 10.0. The van der Waals surface area contributed by atoms with Crippen molar-refractivity contribution in [2.75, 3.05) is 24.3 Å². The van der Waals surface area contributed by atoms with Crippen molar-refractivity contribution in [3.05, 3.63) is 23.8 Å². The maximum atomic E-state index is 5.84. The molecule has 1 fully saturated rings. The Bertz CT molecular complexity index is 350. The highest BCUT2D eigenvalue weighted by atomic mass is 16.5. The summed E-state index contributed by atoms with van der Waals surface area (Å²) in [6.45, 7) is 5.90. The number of hydrogen-bond acceptors (Lipinski definition) is 3. The predicted molar refractivity (Wildman–Crippen MR) is 67.7 cm³/mol. The number of hydrogen-bond donors (Lipinski definition) is 2. The molecule has 1 atom stereocenters. The Morgan fingerprint density at radius 1 is 1.38 bits per heavy atom. The lowest BCUT2D eigenvalue weighted by atomic mass is 9.94. The van der Waals surface area contributed by atoms with E-state index < -0.39 is 0 Å². The Hall–Kier alpha value is -1.22. The fraction of sp³-hybridized carbons (Fsp3) is 0.538. The average Bonchev–Trinajstić information content (AvgIpc) is 2.15. The van der Waals surface area contributed by atoms with Gasteiger partial charge < -0.3 is 15.8 Å². The average molecular weight is 220 g/mol. The zero-order valence-electron chi connectivity index (χ0n) is 10.0. The van der Waals surface area contributed by atoms with Gasteiger partial charge >= 0.3 is 0 Å². The number of nitrogen functional groups attached to an aromatic ring is 1. The van der Waals surface area contributed by atoms with Crippen molar-refractivity contribution in [1.82, 2.24) is 0 Å². The molecule has 0 aromatic heterocycles. The Balaban J connectivity index is 2.13. The van der Waals surface area contributed by atoms with E-state index in [-0.39, 0.29) is 5.54 Å². The number of aryl methyl sites for hydroxylation is 1. The van der Waals surface area contributed by atoms with Crippen LogP contribution in [-0.4, -0.2) is 18.8 Å². The van der Waals surface area contributed by atoms with Crippen LogP contribution in [0.1, 0.15) is 25.3 Å². The normalized spacial score (nSPS) is 25.4. The van der Waals surface area contributed by atoms with Gasteiger partial charge in [-0.3, -0.25) is 0 Å². The molecule has 1 aliphatic rings. The van der Waals surface area contributed by atoms with E-state index in [9.17, 15) is 0 Å². The van der Waals surface area contributed by atoms with Crippen LogP contribution in [0.2, 0.25) is 0 Å². The van der Waals surface area contributed by atoms with Gasteiger partial charge in [-0.2, -0.15) is 0 Å². The Kier molecular flexibility index (Phi) is 3.06. The summed E-state index contributed by atoms with van der Waals surface area (Å²) in [7, 11) is 0. The molecular weight excluding hydrogens is 200 g/mol. The van der Waals surface area contributed by atoms with Crippen molar-refractivity contribution in [3.8, 4) is 0 Å². The summed E-state index contributed by atoms with van der Waals surface area (Å²) in [5.74, 6) is 0. The maximum Gasteiger partial charge on any atom is 0.0693 e. The molecule has 1 aromatic rings. The first-order valence-corrected chi connectivity index (χ1v) is 5.81. The molecule has 3 nitrogen and oxygen atoms in total. The van der Waals surface area contributed by atoms with E-state index in [2.05, 4.69) is 25.2 Å². The van der Waals surface area contributed by atoms with E-state index in [1.54, 1.807) is 0 Å². The topological polar surface area (TPSA) is 47.3 Å². The van der Waals surface area contributed by atoms with Crippen molar-refractivity contribution in [2.45, 2.75) is 32.2 Å². The molecule has 1 unspecified atom stereocenters. The lowest BCUT2D eigenvalue weighted by molar-refractivity contribution is 0.0540. The molecule has 16 heavy (non-hydrogen) atoms. The predicted octanol–water partition coefficient (Wildman–Crippen LogP) is 2.56. The summed E-state index contributed by atoms with van der Waals surface area (Å²) in [5.41, 5.74) is 8.96. The van der Waals surface area contributed by atoms with Crippen molar-refractivity contribution in [3.63, 3.8) is 0 Å². The molecule has 0 amide bonds. The number of benzene rings is 1. The van der Waals surface area contributed by atoms with Crippen LogP contribution >= 0.6 is 0 Å². The van der Waals surface area contributed by atoms with Gasteiger partial charge in [0.25, 0.3) is 0 Å². The third kappa shape index (κ3) is 2.67. The molecule has 1 heterocycles. The molecule has 3 N–H and O–H groups in total. The smallest absolute Gasteiger partial charge is 0.0693 e. The Morgan fingerprint density at radius 2 is 2.19 bits per heavy atom. The van der Waals surface area contributed by atoms with Crippen LogP contribution in [0.4, 0.5) is 11.4 Å². The molecule has 0 aliphatic carbocycles. The minimum absolute atomic E-state index is 0.0402. The fourth-order valence-electron chi connectivity index (χ4n) is 2.27. The van der Waals surface area contributed by atoms with Gasteiger partial charge in [-0.1, -0.05) is 0 Å². The van der Waals surface area contributed by atoms with E-state index in [1.165, 1.54) is 5.56 Å². The van der Waals surface area contributed by atoms with E-state index in [0.29, 0.717) is 0 Å². The van der Waals surface area contributed by atoms with Crippen molar-refractivity contribution < 1.29 is 4.74 Å². The van der Waals surface area contributed by atoms with Gasteiger partial charge in [0.2, 0.25) is 0 Å². The van der Waals surface area contributed by atoms with Crippen LogP contribution in [0.3, 0.4) is 0 Å². The first kappa shape index (κ1) is 11.3. The highest BCUT2D eigenvalue weighted by molar-refractivity contribution is 5.57.